The van der Waals surface area contributed by atoms with Crippen molar-refractivity contribution in [1.29, 1.82) is 0 Å². The van der Waals surface area contributed by atoms with Crippen molar-refractivity contribution in [1.82, 2.24) is 20.1 Å². The van der Waals surface area contributed by atoms with Crippen LogP contribution >= 0.6 is 0 Å². The SMILES string of the molecule is COc1cccc2[nH]c(C(=O)N3CCC4(CC3)OCCc3cn[nH]c34)cc12. The molecule has 1 spiro atoms. The molecule has 0 unspecified atom stereocenters. The van der Waals surface area contributed by atoms with Gasteiger partial charge in [0.1, 0.15) is 17.0 Å². The molecule has 0 radical (unpaired) electrons. The molecule has 2 aliphatic heterocycles. The summed E-state index contributed by atoms with van der Waals surface area (Å²) in [7, 11) is 1.64. The average Bonchev–Trinajstić information content (AvgIpc) is 3.35. The molecule has 0 aliphatic carbocycles. The Kier molecular flexibility index (Phi) is 3.72. The smallest absolute Gasteiger partial charge is 0.270 e. The predicted molar refractivity (Wildman–Crippen MR) is 99.9 cm³/mol. The van der Waals surface area contributed by atoms with Crippen molar-refractivity contribution in [2.45, 2.75) is 24.9 Å². The molecule has 2 aromatic heterocycles. The van der Waals surface area contributed by atoms with Gasteiger partial charge in [-0.2, -0.15) is 5.10 Å². The summed E-state index contributed by atoms with van der Waals surface area (Å²) in [6.45, 7) is 2.02. The molecular weight excluding hydrogens is 344 g/mol. The fraction of sp³-hybridized carbons (Fsp3) is 0.400. The van der Waals surface area contributed by atoms with Crippen LogP contribution in [0.4, 0.5) is 0 Å². The third-order valence-corrected chi connectivity index (χ3v) is 5.86. The summed E-state index contributed by atoms with van der Waals surface area (Å²) in [6, 6.07) is 7.65. The first kappa shape index (κ1) is 16.4. The van der Waals surface area contributed by atoms with E-state index in [9.17, 15) is 4.79 Å². The molecule has 7 nitrogen and oxygen atoms in total. The summed E-state index contributed by atoms with van der Waals surface area (Å²) >= 11 is 0. The highest BCUT2D eigenvalue weighted by molar-refractivity contribution is 5.99. The van der Waals surface area contributed by atoms with Gasteiger partial charge in [-0.25, -0.2) is 0 Å². The number of methoxy groups -OCH3 is 1. The van der Waals surface area contributed by atoms with E-state index >= 15 is 0 Å². The zero-order valence-corrected chi connectivity index (χ0v) is 15.2. The second-order valence-corrected chi connectivity index (χ2v) is 7.26. The lowest BCUT2D eigenvalue weighted by molar-refractivity contribution is -0.0962. The van der Waals surface area contributed by atoms with Gasteiger partial charge >= 0.3 is 0 Å². The van der Waals surface area contributed by atoms with Crippen LogP contribution < -0.4 is 4.74 Å². The predicted octanol–water partition coefficient (Wildman–Crippen LogP) is 2.60. The fourth-order valence-electron chi connectivity index (χ4n) is 4.38. The van der Waals surface area contributed by atoms with E-state index in [2.05, 4.69) is 15.2 Å². The summed E-state index contributed by atoms with van der Waals surface area (Å²) in [5.74, 6) is 0.784. The summed E-state index contributed by atoms with van der Waals surface area (Å²) in [5.41, 5.74) is 3.51. The molecule has 2 N–H and O–H groups in total. The number of hydrogen-bond acceptors (Lipinski definition) is 4. The number of nitrogens with zero attached hydrogens (tertiary/aromatic N) is 2. The first-order chi connectivity index (χ1) is 13.2. The summed E-state index contributed by atoms with van der Waals surface area (Å²) in [5, 5.41) is 8.24. The Labute approximate surface area is 156 Å². The van der Waals surface area contributed by atoms with Crippen LogP contribution in [0, 0.1) is 0 Å². The number of hydrogen-bond donors (Lipinski definition) is 2. The largest absolute Gasteiger partial charge is 0.496 e. The molecular formula is C20H22N4O3. The highest BCUT2D eigenvalue weighted by Crippen LogP contribution is 2.40. The molecule has 0 saturated carbocycles. The zero-order valence-electron chi connectivity index (χ0n) is 15.2. The maximum absolute atomic E-state index is 13.0. The van der Waals surface area contributed by atoms with Gasteiger partial charge in [0, 0.05) is 24.0 Å². The minimum absolute atomic E-state index is 0.0174. The van der Waals surface area contributed by atoms with Crippen molar-refractivity contribution in [2.75, 3.05) is 26.8 Å². The van der Waals surface area contributed by atoms with E-state index in [0.717, 1.165) is 41.6 Å². The van der Waals surface area contributed by atoms with Crippen LogP contribution in [0.1, 0.15) is 34.6 Å². The standard InChI is InChI=1S/C20H22N4O3/c1-26-17-4-2-3-15-14(17)11-16(22-15)19(25)24-8-6-20(7-9-24)18-13(5-10-27-20)12-21-23-18/h2-4,11-12,22H,5-10H2,1H3,(H,21,23). The minimum atomic E-state index is -0.329. The summed E-state index contributed by atoms with van der Waals surface area (Å²) in [4.78, 5) is 18.2. The van der Waals surface area contributed by atoms with Crippen LogP contribution in [0.2, 0.25) is 0 Å². The molecule has 4 heterocycles. The molecule has 5 rings (SSSR count). The van der Waals surface area contributed by atoms with Gasteiger partial charge in [-0.3, -0.25) is 9.89 Å². The highest BCUT2D eigenvalue weighted by Gasteiger charge is 2.43. The van der Waals surface area contributed by atoms with Gasteiger partial charge < -0.3 is 19.4 Å². The number of nitrogens with one attached hydrogen (secondary N) is 2. The van der Waals surface area contributed by atoms with Crippen LogP contribution in [-0.4, -0.2) is 52.8 Å². The number of ether oxygens (including phenoxy) is 2. The second-order valence-electron chi connectivity index (χ2n) is 7.26. The Hall–Kier alpha value is -2.80. The molecule has 7 heteroatoms. The number of carbonyl (C=O) groups is 1. The number of H-pyrrole nitrogens is 2. The summed E-state index contributed by atoms with van der Waals surface area (Å²) < 4.78 is 11.6. The lowest BCUT2D eigenvalue weighted by atomic mass is 9.83. The first-order valence-electron chi connectivity index (χ1n) is 9.32. The Morgan fingerprint density at radius 2 is 2.19 bits per heavy atom. The van der Waals surface area contributed by atoms with E-state index in [0.29, 0.717) is 25.4 Å². The van der Waals surface area contributed by atoms with Crippen molar-refractivity contribution >= 4 is 16.8 Å². The monoisotopic (exact) mass is 366 g/mol. The van der Waals surface area contributed by atoms with E-state index in [4.69, 9.17) is 9.47 Å². The number of carbonyl (C=O) groups excluding carboxylic acids is 1. The van der Waals surface area contributed by atoms with Crippen molar-refractivity contribution in [3.8, 4) is 5.75 Å². The first-order valence-corrected chi connectivity index (χ1v) is 9.32. The molecule has 1 amide bonds. The van der Waals surface area contributed by atoms with E-state index < -0.39 is 0 Å². The van der Waals surface area contributed by atoms with Gasteiger partial charge in [-0.15, -0.1) is 0 Å². The van der Waals surface area contributed by atoms with Gasteiger partial charge in [0.25, 0.3) is 5.91 Å². The number of amides is 1. The Balaban J connectivity index is 1.37. The van der Waals surface area contributed by atoms with Crippen molar-refractivity contribution in [3.05, 3.63) is 47.4 Å². The molecule has 3 aromatic rings. The van der Waals surface area contributed by atoms with Gasteiger partial charge in [-0.1, -0.05) is 6.07 Å². The van der Waals surface area contributed by atoms with Gasteiger partial charge in [-0.05, 0) is 43.0 Å². The average molecular weight is 366 g/mol. The van der Waals surface area contributed by atoms with Crippen molar-refractivity contribution < 1.29 is 14.3 Å². The summed E-state index contributed by atoms with van der Waals surface area (Å²) in [6.07, 6.45) is 4.34. The maximum Gasteiger partial charge on any atom is 0.270 e. The minimum Gasteiger partial charge on any atom is -0.496 e. The van der Waals surface area contributed by atoms with Gasteiger partial charge in [0.05, 0.1) is 25.6 Å². The quantitative estimate of drug-likeness (QED) is 0.730. The molecule has 1 aromatic carbocycles. The van der Waals surface area contributed by atoms with Gasteiger partial charge in [0.2, 0.25) is 0 Å². The molecule has 1 fully saturated rings. The van der Waals surface area contributed by atoms with Crippen molar-refractivity contribution in [2.24, 2.45) is 0 Å². The number of likely N-dealkylation sites (tertiary alicyclic amines) is 1. The number of rotatable bonds is 2. The topological polar surface area (TPSA) is 83.2 Å². The Bertz CT molecular complexity index is 998. The van der Waals surface area contributed by atoms with Crippen LogP contribution in [0.15, 0.2) is 30.5 Å². The number of piperidine rings is 1. The van der Waals surface area contributed by atoms with Crippen LogP contribution in [0.25, 0.3) is 10.9 Å². The van der Waals surface area contributed by atoms with E-state index in [1.165, 1.54) is 5.56 Å². The van der Waals surface area contributed by atoms with Crippen LogP contribution in [0.5, 0.6) is 5.75 Å². The second kappa shape index (κ2) is 6.13. The molecule has 140 valence electrons. The third-order valence-electron chi connectivity index (χ3n) is 5.86. The lowest BCUT2D eigenvalue weighted by Crippen LogP contribution is -2.48. The van der Waals surface area contributed by atoms with Crippen LogP contribution in [-0.2, 0) is 16.8 Å². The number of benzene rings is 1. The Morgan fingerprint density at radius 1 is 1.33 bits per heavy atom. The fourth-order valence-corrected chi connectivity index (χ4v) is 4.38. The highest BCUT2D eigenvalue weighted by atomic mass is 16.5. The van der Waals surface area contributed by atoms with Gasteiger partial charge in [0.15, 0.2) is 0 Å². The molecule has 0 bridgehead atoms. The van der Waals surface area contributed by atoms with E-state index in [1.54, 1.807) is 7.11 Å². The zero-order chi connectivity index (χ0) is 18.4. The van der Waals surface area contributed by atoms with Crippen molar-refractivity contribution in [3.63, 3.8) is 0 Å². The van der Waals surface area contributed by atoms with E-state index in [-0.39, 0.29) is 11.5 Å². The molecule has 2 aliphatic rings. The Morgan fingerprint density at radius 3 is 3.00 bits per heavy atom. The molecule has 27 heavy (non-hydrogen) atoms. The van der Waals surface area contributed by atoms with E-state index in [1.807, 2.05) is 35.4 Å². The lowest BCUT2D eigenvalue weighted by Gasteiger charge is -2.43. The maximum atomic E-state index is 13.0. The van der Waals surface area contributed by atoms with Crippen LogP contribution in [0.3, 0.4) is 0 Å². The third kappa shape index (κ3) is 2.53. The molecule has 1 saturated heterocycles. The number of aromatic nitrogens is 3. The normalized spacial score (nSPS) is 18.6. The number of aromatic amines is 2. The molecule has 0 atom stereocenters. The number of fused-ring (bicyclic) bond motifs is 3.